The summed E-state index contributed by atoms with van der Waals surface area (Å²) >= 11 is 3.57. The summed E-state index contributed by atoms with van der Waals surface area (Å²) in [5.41, 5.74) is 3.62. The zero-order valence-corrected chi connectivity index (χ0v) is 16.5. The number of aromatic nitrogens is 3. The molecule has 4 aromatic rings. The molecular formula is C21H19BrN4O. The van der Waals surface area contributed by atoms with Crippen LogP contribution in [-0.2, 0) is 13.5 Å². The van der Waals surface area contributed by atoms with E-state index in [1.165, 1.54) is 0 Å². The maximum Gasteiger partial charge on any atom is 0.269 e. The van der Waals surface area contributed by atoms with E-state index in [1.54, 1.807) is 0 Å². The summed E-state index contributed by atoms with van der Waals surface area (Å²) in [7, 11) is 1.91. The van der Waals surface area contributed by atoms with E-state index in [2.05, 4.69) is 26.3 Å². The van der Waals surface area contributed by atoms with E-state index in [0.717, 1.165) is 26.8 Å². The summed E-state index contributed by atoms with van der Waals surface area (Å²) in [4.78, 5) is 12.7. The molecule has 0 unspecified atom stereocenters. The van der Waals surface area contributed by atoms with E-state index in [-0.39, 0.29) is 5.91 Å². The van der Waals surface area contributed by atoms with E-state index in [9.17, 15) is 4.79 Å². The summed E-state index contributed by atoms with van der Waals surface area (Å²) in [5.74, 6) is -0.0944. The number of nitrogens with zero attached hydrogens (tertiary/aromatic N) is 3. The summed E-state index contributed by atoms with van der Waals surface area (Å²) in [6.45, 7) is 0.526. The highest BCUT2D eigenvalue weighted by atomic mass is 79.9. The fourth-order valence-electron chi connectivity index (χ4n) is 3.21. The lowest BCUT2D eigenvalue weighted by molar-refractivity contribution is 0.0945. The lowest BCUT2D eigenvalue weighted by Gasteiger charge is -2.06. The first kappa shape index (κ1) is 17.5. The first-order chi connectivity index (χ1) is 13.1. The Balaban J connectivity index is 1.43. The fraction of sp³-hybridized carbons (Fsp3) is 0.143. The molecule has 4 rings (SSSR count). The second-order valence-electron chi connectivity index (χ2n) is 6.33. The average Bonchev–Trinajstić information content (AvgIpc) is 3.26. The average molecular weight is 423 g/mol. The molecular weight excluding hydrogens is 404 g/mol. The largest absolute Gasteiger partial charge is 0.350 e. The van der Waals surface area contributed by atoms with Crippen LogP contribution in [0, 0.1) is 0 Å². The first-order valence-corrected chi connectivity index (χ1v) is 9.55. The van der Waals surface area contributed by atoms with Crippen molar-refractivity contribution in [3.05, 3.63) is 82.7 Å². The van der Waals surface area contributed by atoms with E-state index in [4.69, 9.17) is 0 Å². The number of benzene rings is 2. The van der Waals surface area contributed by atoms with Crippen molar-refractivity contribution in [3.63, 3.8) is 0 Å². The number of hydrogen-bond acceptors (Lipinski definition) is 2. The van der Waals surface area contributed by atoms with Gasteiger partial charge < -0.3 is 9.88 Å². The molecule has 0 aliphatic rings. The van der Waals surface area contributed by atoms with Crippen molar-refractivity contribution < 1.29 is 4.79 Å². The third-order valence-corrected chi connectivity index (χ3v) is 5.39. The molecule has 2 aromatic carbocycles. The SMILES string of the molecule is Cn1c(C(=O)NCCc2ccn(-c3ccccc3)n2)c(Br)c2ccccc21. The number of amides is 1. The zero-order chi connectivity index (χ0) is 18.8. The quantitative estimate of drug-likeness (QED) is 0.526. The van der Waals surface area contributed by atoms with Crippen molar-refractivity contribution in [1.82, 2.24) is 19.7 Å². The van der Waals surface area contributed by atoms with Crippen LogP contribution in [0.5, 0.6) is 0 Å². The second-order valence-corrected chi connectivity index (χ2v) is 7.12. The number of nitrogens with one attached hydrogen (secondary N) is 1. The summed E-state index contributed by atoms with van der Waals surface area (Å²) < 4.78 is 4.59. The minimum Gasteiger partial charge on any atom is -0.350 e. The molecule has 1 amide bonds. The van der Waals surface area contributed by atoms with Crippen LogP contribution >= 0.6 is 15.9 Å². The van der Waals surface area contributed by atoms with Crippen molar-refractivity contribution in [2.75, 3.05) is 6.54 Å². The first-order valence-electron chi connectivity index (χ1n) is 8.76. The summed E-state index contributed by atoms with van der Waals surface area (Å²) in [5, 5.41) is 8.60. The maximum atomic E-state index is 12.7. The van der Waals surface area contributed by atoms with Crippen LogP contribution in [0.3, 0.4) is 0 Å². The fourth-order valence-corrected chi connectivity index (χ4v) is 3.99. The third kappa shape index (κ3) is 3.40. The normalized spacial score (nSPS) is 11.0. The van der Waals surface area contributed by atoms with E-state index in [1.807, 2.05) is 83.2 Å². The molecule has 2 aromatic heterocycles. The molecule has 0 saturated heterocycles. The van der Waals surface area contributed by atoms with Gasteiger partial charge in [-0.1, -0.05) is 36.4 Å². The van der Waals surface area contributed by atoms with Gasteiger partial charge in [0, 0.05) is 37.1 Å². The minimum absolute atomic E-state index is 0.0944. The molecule has 136 valence electrons. The molecule has 1 N–H and O–H groups in total. The highest BCUT2D eigenvalue weighted by Gasteiger charge is 2.18. The van der Waals surface area contributed by atoms with Crippen molar-refractivity contribution in [2.24, 2.45) is 7.05 Å². The number of carbonyl (C=O) groups is 1. The third-order valence-electron chi connectivity index (χ3n) is 4.59. The van der Waals surface area contributed by atoms with Gasteiger partial charge in [-0.3, -0.25) is 4.79 Å². The van der Waals surface area contributed by atoms with Crippen LogP contribution < -0.4 is 5.32 Å². The predicted octanol–water partition coefficient (Wildman–Crippen LogP) is 4.10. The predicted molar refractivity (Wildman–Crippen MR) is 110 cm³/mol. The van der Waals surface area contributed by atoms with Crippen LogP contribution in [0.25, 0.3) is 16.6 Å². The Kier molecular flexibility index (Phi) is 4.81. The summed E-state index contributed by atoms with van der Waals surface area (Å²) in [6, 6.07) is 19.9. The highest BCUT2D eigenvalue weighted by molar-refractivity contribution is 9.10. The number of aryl methyl sites for hydroxylation is 1. The van der Waals surface area contributed by atoms with Gasteiger partial charge in [-0.15, -0.1) is 0 Å². The molecule has 0 spiro atoms. The smallest absolute Gasteiger partial charge is 0.269 e. The Labute approximate surface area is 165 Å². The highest BCUT2D eigenvalue weighted by Crippen LogP contribution is 2.30. The number of carbonyl (C=O) groups excluding carboxylic acids is 1. The van der Waals surface area contributed by atoms with Crippen molar-refractivity contribution >= 4 is 32.7 Å². The van der Waals surface area contributed by atoms with Crippen LogP contribution in [-0.4, -0.2) is 26.8 Å². The van der Waals surface area contributed by atoms with Gasteiger partial charge in [0.1, 0.15) is 5.69 Å². The molecule has 27 heavy (non-hydrogen) atoms. The van der Waals surface area contributed by atoms with Gasteiger partial charge in [0.15, 0.2) is 0 Å². The Morgan fingerprint density at radius 1 is 1.07 bits per heavy atom. The van der Waals surface area contributed by atoms with Gasteiger partial charge in [0.05, 0.1) is 15.9 Å². The monoisotopic (exact) mass is 422 g/mol. The van der Waals surface area contributed by atoms with Crippen molar-refractivity contribution in [3.8, 4) is 5.69 Å². The maximum absolute atomic E-state index is 12.7. The molecule has 5 nitrogen and oxygen atoms in total. The Hall–Kier alpha value is -2.86. The van der Waals surface area contributed by atoms with E-state index < -0.39 is 0 Å². The van der Waals surface area contributed by atoms with Gasteiger partial charge in [0.2, 0.25) is 0 Å². The second kappa shape index (κ2) is 7.40. The topological polar surface area (TPSA) is 51.9 Å². The Morgan fingerprint density at radius 3 is 2.59 bits per heavy atom. The lowest BCUT2D eigenvalue weighted by Crippen LogP contribution is -2.27. The van der Waals surface area contributed by atoms with E-state index >= 15 is 0 Å². The number of para-hydroxylation sites is 2. The van der Waals surface area contributed by atoms with Crippen LogP contribution in [0.4, 0.5) is 0 Å². The number of hydrogen-bond donors (Lipinski definition) is 1. The Morgan fingerprint density at radius 2 is 1.81 bits per heavy atom. The zero-order valence-electron chi connectivity index (χ0n) is 14.9. The van der Waals surface area contributed by atoms with Gasteiger partial charge in [-0.25, -0.2) is 4.68 Å². The van der Waals surface area contributed by atoms with Crippen molar-refractivity contribution in [1.29, 1.82) is 0 Å². The van der Waals surface area contributed by atoms with Gasteiger partial charge in [0.25, 0.3) is 5.91 Å². The molecule has 0 atom stereocenters. The number of rotatable bonds is 5. The van der Waals surface area contributed by atoms with Gasteiger partial charge >= 0.3 is 0 Å². The molecule has 0 fully saturated rings. The van der Waals surface area contributed by atoms with Crippen LogP contribution in [0.1, 0.15) is 16.2 Å². The number of halogens is 1. The molecule has 0 radical (unpaired) electrons. The molecule has 2 heterocycles. The number of fused-ring (bicyclic) bond motifs is 1. The van der Waals surface area contributed by atoms with Gasteiger partial charge in [-0.2, -0.15) is 5.10 Å². The molecule has 0 aliphatic heterocycles. The Bertz CT molecular complexity index is 1060. The minimum atomic E-state index is -0.0944. The van der Waals surface area contributed by atoms with Crippen LogP contribution in [0.2, 0.25) is 0 Å². The van der Waals surface area contributed by atoms with E-state index in [0.29, 0.717) is 18.7 Å². The summed E-state index contributed by atoms with van der Waals surface area (Å²) in [6.07, 6.45) is 2.61. The lowest BCUT2D eigenvalue weighted by atomic mass is 10.2. The standard InChI is InChI=1S/C21H19BrN4O/c1-25-18-10-6-5-9-17(18)19(22)20(25)21(27)23-13-11-15-12-14-26(24-15)16-7-3-2-4-8-16/h2-10,12,14H,11,13H2,1H3,(H,23,27). The van der Waals surface area contributed by atoms with Crippen molar-refractivity contribution in [2.45, 2.75) is 6.42 Å². The molecule has 0 bridgehead atoms. The molecule has 6 heteroatoms. The van der Waals surface area contributed by atoms with Gasteiger partial charge in [-0.05, 0) is 40.2 Å². The molecule has 0 saturated carbocycles. The molecule has 0 aliphatic carbocycles. The van der Waals surface area contributed by atoms with Crippen LogP contribution in [0.15, 0.2) is 71.3 Å².